The highest BCUT2D eigenvalue weighted by molar-refractivity contribution is 5.95. The van der Waals surface area contributed by atoms with Gasteiger partial charge in [-0.2, -0.15) is 0 Å². The average molecular weight is 231 g/mol. The number of carbonyl (C=O) groups is 1. The van der Waals surface area contributed by atoms with E-state index in [0.717, 1.165) is 11.1 Å². The van der Waals surface area contributed by atoms with Crippen molar-refractivity contribution in [3.05, 3.63) is 47.8 Å². The number of aromatic carboxylic acids is 1. The Bertz CT molecular complexity index is 514. The Morgan fingerprint density at radius 2 is 2.00 bits per heavy atom. The molecule has 88 valence electrons. The summed E-state index contributed by atoms with van der Waals surface area (Å²) < 4.78 is 5.02. The number of hydrogen-bond donors (Lipinski definition) is 2. The first-order valence-electron chi connectivity index (χ1n) is 5.20. The number of carboxylic acid groups (broad SMARTS) is 1. The monoisotopic (exact) mass is 231 g/mol. The van der Waals surface area contributed by atoms with E-state index in [1.54, 1.807) is 13.3 Å². The van der Waals surface area contributed by atoms with Gasteiger partial charge in [-0.25, -0.2) is 4.79 Å². The molecular formula is C13H13NO3. The maximum atomic E-state index is 11.0. The molecule has 0 radical (unpaired) electrons. The molecule has 0 amide bonds. The third kappa shape index (κ3) is 2.37. The number of carboxylic acids is 1. The summed E-state index contributed by atoms with van der Waals surface area (Å²) in [6.45, 7) is 0.555. The lowest BCUT2D eigenvalue weighted by atomic mass is 10.0. The van der Waals surface area contributed by atoms with Crippen LogP contribution >= 0.6 is 0 Å². The van der Waals surface area contributed by atoms with Gasteiger partial charge < -0.3 is 14.8 Å². The molecule has 0 unspecified atom stereocenters. The van der Waals surface area contributed by atoms with Gasteiger partial charge in [-0.1, -0.05) is 24.3 Å². The summed E-state index contributed by atoms with van der Waals surface area (Å²) in [6.07, 6.45) is 3.18. The lowest BCUT2D eigenvalue weighted by Gasteiger charge is -2.03. The van der Waals surface area contributed by atoms with Gasteiger partial charge in [0.2, 0.25) is 0 Å². The fraction of sp³-hybridized carbons (Fsp3) is 0.154. The second-order valence-corrected chi connectivity index (χ2v) is 3.72. The number of nitrogens with one attached hydrogen (secondary N) is 1. The number of aromatic amines is 1. The summed E-state index contributed by atoms with van der Waals surface area (Å²) in [5.41, 5.74) is 2.91. The Hall–Kier alpha value is -2.07. The number of hydrogen-bond acceptors (Lipinski definition) is 2. The van der Waals surface area contributed by atoms with Gasteiger partial charge in [0.25, 0.3) is 0 Å². The van der Waals surface area contributed by atoms with Gasteiger partial charge in [0, 0.05) is 25.1 Å². The number of ether oxygens (including phenoxy) is 1. The van der Waals surface area contributed by atoms with E-state index < -0.39 is 5.97 Å². The van der Waals surface area contributed by atoms with E-state index in [0.29, 0.717) is 12.2 Å². The SMILES string of the molecule is COCc1ccc(-c2c[nH]cc2C(=O)O)cc1. The molecule has 2 N–H and O–H groups in total. The normalized spacial score (nSPS) is 10.4. The van der Waals surface area contributed by atoms with Gasteiger partial charge in [-0.05, 0) is 11.1 Å². The number of methoxy groups -OCH3 is 1. The molecule has 1 aromatic heterocycles. The molecule has 0 atom stereocenters. The van der Waals surface area contributed by atoms with Crippen LogP contribution in [0, 0.1) is 0 Å². The van der Waals surface area contributed by atoms with Crippen LogP contribution in [0.4, 0.5) is 0 Å². The molecule has 4 heteroatoms. The first kappa shape index (κ1) is 11.4. The third-order valence-corrected chi connectivity index (χ3v) is 2.55. The van der Waals surface area contributed by atoms with E-state index in [2.05, 4.69) is 4.98 Å². The summed E-state index contributed by atoms with van der Waals surface area (Å²) in [5, 5.41) is 9.01. The molecule has 4 nitrogen and oxygen atoms in total. The van der Waals surface area contributed by atoms with E-state index >= 15 is 0 Å². The molecule has 2 rings (SSSR count). The van der Waals surface area contributed by atoms with Crippen LogP contribution in [-0.2, 0) is 11.3 Å². The summed E-state index contributed by atoms with van der Waals surface area (Å²) in [7, 11) is 1.64. The molecule has 0 aliphatic carbocycles. The van der Waals surface area contributed by atoms with Crippen molar-refractivity contribution in [2.24, 2.45) is 0 Å². The zero-order valence-electron chi connectivity index (χ0n) is 9.43. The highest BCUT2D eigenvalue weighted by Crippen LogP contribution is 2.23. The molecule has 1 heterocycles. The van der Waals surface area contributed by atoms with Gasteiger partial charge in [0.1, 0.15) is 0 Å². The van der Waals surface area contributed by atoms with Gasteiger partial charge in [0.05, 0.1) is 12.2 Å². The summed E-state index contributed by atoms with van der Waals surface area (Å²) in [5.74, 6) is -0.929. The van der Waals surface area contributed by atoms with E-state index in [1.807, 2.05) is 24.3 Å². The smallest absolute Gasteiger partial charge is 0.337 e. The van der Waals surface area contributed by atoms with E-state index in [4.69, 9.17) is 9.84 Å². The Labute approximate surface area is 98.9 Å². The highest BCUT2D eigenvalue weighted by Gasteiger charge is 2.12. The molecule has 0 bridgehead atoms. The van der Waals surface area contributed by atoms with Crippen molar-refractivity contribution in [3.8, 4) is 11.1 Å². The zero-order chi connectivity index (χ0) is 12.3. The van der Waals surface area contributed by atoms with Crippen molar-refractivity contribution in [2.75, 3.05) is 7.11 Å². The lowest BCUT2D eigenvalue weighted by molar-refractivity contribution is 0.0698. The second-order valence-electron chi connectivity index (χ2n) is 3.72. The minimum absolute atomic E-state index is 0.282. The topological polar surface area (TPSA) is 62.3 Å². The largest absolute Gasteiger partial charge is 0.478 e. The van der Waals surface area contributed by atoms with Gasteiger partial charge in [0.15, 0.2) is 0 Å². The predicted octanol–water partition coefficient (Wildman–Crippen LogP) is 2.53. The lowest BCUT2D eigenvalue weighted by Crippen LogP contribution is -1.96. The van der Waals surface area contributed by atoms with Crippen molar-refractivity contribution >= 4 is 5.97 Å². The Kier molecular flexibility index (Phi) is 3.25. The minimum atomic E-state index is -0.929. The number of H-pyrrole nitrogens is 1. The van der Waals surface area contributed by atoms with Crippen molar-refractivity contribution in [1.29, 1.82) is 0 Å². The van der Waals surface area contributed by atoms with Crippen LogP contribution in [0.3, 0.4) is 0 Å². The van der Waals surface area contributed by atoms with Crippen molar-refractivity contribution in [1.82, 2.24) is 4.98 Å². The molecule has 0 aliphatic heterocycles. The number of rotatable bonds is 4. The van der Waals surface area contributed by atoms with E-state index in [9.17, 15) is 4.79 Å². The molecule has 0 aliphatic rings. The number of benzene rings is 1. The first-order valence-corrected chi connectivity index (χ1v) is 5.20. The minimum Gasteiger partial charge on any atom is -0.478 e. The second kappa shape index (κ2) is 4.84. The molecule has 2 aromatic rings. The third-order valence-electron chi connectivity index (χ3n) is 2.55. The molecule has 1 aromatic carbocycles. The molecule has 17 heavy (non-hydrogen) atoms. The van der Waals surface area contributed by atoms with E-state index in [1.165, 1.54) is 6.20 Å². The maximum absolute atomic E-state index is 11.0. The van der Waals surface area contributed by atoms with Crippen molar-refractivity contribution < 1.29 is 14.6 Å². The van der Waals surface area contributed by atoms with Crippen LogP contribution in [0.2, 0.25) is 0 Å². The molecule has 0 spiro atoms. The van der Waals surface area contributed by atoms with Crippen LogP contribution in [0.25, 0.3) is 11.1 Å². The number of aromatic nitrogens is 1. The van der Waals surface area contributed by atoms with Crippen LogP contribution in [0.1, 0.15) is 15.9 Å². The van der Waals surface area contributed by atoms with Gasteiger partial charge >= 0.3 is 5.97 Å². The highest BCUT2D eigenvalue weighted by atomic mass is 16.5. The van der Waals surface area contributed by atoms with Crippen molar-refractivity contribution in [3.63, 3.8) is 0 Å². The molecule has 0 saturated heterocycles. The Balaban J connectivity index is 2.33. The zero-order valence-corrected chi connectivity index (χ0v) is 9.43. The predicted molar refractivity (Wildman–Crippen MR) is 63.9 cm³/mol. The van der Waals surface area contributed by atoms with Crippen LogP contribution < -0.4 is 0 Å². The Morgan fingerprint density at radius 3 is 2.59 bits per heavy atom. The Morgan fingerprint density at radius 1 is 1.29 bits per heavy atom. The maximum Gasteiger partial charge on any atom is 0.337 e. The molecule has 0 saturated carbocycles. The summed E-state index contributed by atoms with van der Waals surface area (Å²) in [6, 6.07) is 7.64. The quantitative estimate of drug-likeness (QED) is 0.849. The van der Waals surface area contributed by atoms with Gasteiger partial charge in [-0.3, -0.25) is 0 Å². The molecular weight excluding hydrogens is 218 g/mol. The molecule has 0 fully saturated rings. The van der Waals surface area contributed by atoms with Crippen molar-refractivity contribution in [2.45, 2.75) is 6.61 Å². The standard InChI is InChI=1S/C13H13NO3/c1-17-8-9-2-4-10(5-3-9)11-6-14-7-12(11)13(15)16/h2-7,14H,8H2,1H3,(H,15,16). The fourth-order valence-electron chi connectivity index (χ4n) is 1.73. The van der Waals surface area contributed by atoms with Gasteiger partial charge in [-0.15, -0.1) is 0 Å². The van der Waals surface area contributed by atoms with Crippen LogP contribution in [0.5, 0.6) is 0 Å². The first-order chi connectivity index (χ1) is 8.22. The summed E-state index contributed by atoms with van der Waals surface area (Å²) in [4.78, 5) is 13.8. The van der Waals surface area contributed by atoms with Crippen LogP contribution in [-0.4, -0.2) is 23.2 Å². The average Bonchev–Trinajstić information content (AvgIpc) is 2.79. The summed E-state index contributed by atoms with van der Waals surface area (Å²) >= 11 is 0. The van der Waals surface area contributed by atoms with Crippen LogP contribution in [0.15, 0.2) is 36.7 Å². The van der Waals surface area contributed by atoms with E-state index in [-0.39, 0.29) is 5.56 Å². The fourth-order valence-corrected chi connectivity index (χ4v) is 1.73.